The second-order valence-corrected chi connectivity index (χ2v) is 6.79. The van der Waals surface area contributed by atoms with E-state index in [0.29, 0.717) is 5.75 Å². The first kappa shape index (κ1) is 17.4. The van der Waals surface area contributed by atoms with Crippen LogP contribution < -0.4 is 0 Å². The molecule has 0 aliphatic carbocycles. The van der Waals surface area contributed by atoms with Gasteiger partial charge in [-0.15, -0.1) is 0 Å². The van der Waals surface area contributed by atoms with E-state index in [2.05, 4.69) is 18.4 Å². The molecule has 3 heteroatoms. The van der Waals surface area contributed by atoms with Gasteiger partial charge >= 0.3 is 0 Å². The molecule has 0 spiro atoms. The molecular weight excluding hydrogens is 310 g/mol. The summed E-state index contributed by atoms with van der Waals surface area (Å²) in [5.41, 5.74) is 4.61. The topological polar surface area (TPSA) is 45.4 Å². The van der Waals surface area contributed by atoms with Gasteiger partial charge in [-0.3, -0.25) is 0 Å². The summed E-state index contributed by atoms with van der Waals surface area (Å²) in [7, 11) is 0. The molecule has 0 unspecified atom stereocenters. The fourth-order valence-electron chi connectivity index (χ4n) is 3.61. The van der Waals surface area contributed by atoms with Crippen LogP contribution in [-0.2, 0) is 6.54 Å². The van der Waals surface area contributed by atoms with Crippen molar-refractivity contribution in [1.82, 2.24) is 4.57 Å². The fraction of sp³-hybridized carbons (Fsp3) is 0.364. The van der Waals surface area contributed by atoms with Crippen LogP contribution in [0.2, 0.25) is 0 Å². The molecule has 2 N–H and O–H groups in total. The minimum absolute atomic E-state index is 0.279. The lowest BCUT2D eigenvalue weighted by molar-refractivity contribution is 0.475. The highest BCUT2D eigenvalue weighted by molar-refractivity contribution is 5.92. The molecule has 0 aliphatic heterocycles. The number of benzene rings is 2. The number of hydrogen-bond donors (Lipinski definition) is 2. The maximum atomic E-state index is 9.89. The molecule has 3 rings (SSSR count). The van der Waals surface area contributed by atoms with Gasteiger partial charge in [-0.05, 0) is 66.9 Å². The molecule has 0 amide bonds. The average Bonchev–Trinajstić information content (AvgIpc) is 2.87. The first-order chi connectivity index (χ1) is 12.1. The quantitative estimate of drug-likeness (QED) is 0.519. The molecule has 3 aromatic rings. The van der Waals surface area contributed by atoms with Crippen LogP contribution in [0.5, 0.6) is 11.5 Å². The predicted octanol–water partition coefficient (Wildman–Crippen LogP) is 6.00. The van der Waals surface area contributed by atoms with E-state index in [-0.39, 0.29) is 5.75 Å². The van der Waals surface area contributed by atoms with Crippen LogP contribution in [0.3, 0.4) is 0 Å². The third-order valence-corrected chi connectivity index (χ3v) is 4.93. The Labute approximate surface area is 149 Å². The molecule has 0 saturated carbocycles. The Morgan fingerprint density at radius 2 is 1.52 bits per heavy atom. The number of aromatic hydroxyl groups is 2. The van der Waals surface area contributed by atoms with Gasteiger partial charge in [0.05, 0.1) is 5.69 Å². The second kappa shape index (κ2) is 7.64. The standard InChI is InChI=1S/C22H27NO2/c1-3-4-5-6-7-14-23-21-13-12-19(25)15-20(21)16(2)22(23)17-8-10-18(24)11-9-17/h8-13,15,24-25H,3-7,14H2,1-2H3. The van der Waals surface area contributed by atoms with Gasteiger partial charge < -0.3 is 14.8 Å². The van der Waals surface area contributed by atoms with Gasteiger partial charge in [0.25, 0.3) is 0 Å². The lowest BCUT2D eigenvalue weighted by Crippen LogP contribution is -2.01. The zero-order valence-electron chi connectivity index (χ0n) is 15.1. The molecule has 2 aromatic carbocycles. The Morgan fingerprint density at radius 1 is 0.840 bits per heavy atom. The van der Waals surface area contributed by atoms with E-state index in [1.54, 1.807) is 18.2 Å². The largest absolute Gasteiger partial charge is 0.508 e. The normalized spacial score (nSPS) is 11.3. The summed E-state index contributed by atoms with van der Waals surface area (Å²) in [4.78, 5) is 0. The smallest absolute Gasteiger partial charge is 0.116 e. The lowest BCUT2D eigenvalue weighted by Gasteiger charge is -2.12. The summed E-state index contributed by atoms with van der Waals surface area (Å²) < 4.78 is 2.36. The van der Waals surface area contributed by atoms with E-state index >= 15 is 0 Å². The van der Waals surface area contributed by atoms with E-state index in [1.165, 1.54) is 36.9 Å². The zero-order valence-corrected chi connectivity index (χ0v) is 15.1. The van der Waals surface area contributed by atoms with E-state index < -0.39 is 0 Å². The fourth-order valence-corrected chi connectivity index (χ4v) is 3.61. The first-order valence-electron chi connectivity index (χ1n) is 9.23. The van der Waals surface area contributed by atoms with Crippen LogP contribution in [0.4, 0.5) is 0 Å². The van der Waals surface area contributed by atoms with Gasteiger partial charge in [-0.25, -0.2) is 0 Å². The number of fused-ring (bicyclic) bond motifs is 1. The van der Waals surface area contributed by atoms with Crippen molar-refractivity contribution in [1.29, 1.82) is 0 Å². The molecule has 3 nitrogen and oxygen atoms in total. The number of hydrogen-bond acceptors (Lipinski definition) is 2. The van der Waals surface area contributed by atoms with E-state index in [9.17, 15) is 10.2 Å². The van der Waals surface area contributed by atoms with E-state index in [0.717, 1.165) is 29.4 Å². The Morgan fingerprint density at radius 3 is 2.24 bits per heavy atom. The van der Waals surface area contributed by atoms with Crippen LogP contribution in [0.1, 0.15) is 44.6 Å². The van der Waals surface area contributed by atoms with Crippen LogP contribution in [0.25, 0.3) is 22.2 Å². The molecule has 25 heavy (non-hydrogen) atoms. The highest BCUT2D eigenvalue weighted by Crippen LogP contribution is 2.35. The molecule has 1 heterocycles. The molecule has 0 saturated heterocycles. The Bertz CT molecular complexity index is 847. The molecule has 0 fully saturated rings. The van der Waals surface area contributed by atoms with Gasteiger partial charge in [0.1, 0.15) is 11.5 Å². The maximum Gasteiger partial charge on any atom is 0.116 e. The number of nitrogens with zero attached hydrogens (tertiary/aromatic N) is 1. The van der Waals surface area contributed by atoms with E-state index in [1.807, 2.05) is 24.3 Å². The summed E-state index contributed by atoms with van der Waals surface area (Å²) in [6.07, 6.45) is 6.21. The van der Waals surface area contributed by atoms with Gasteiger partial charge in [-0.1, -0.05) is 32.6 Å². The molecule has 0 aliphatic rings. The summed E-state index contributed by atoms with van der Waals surface area (Å²) in [6.45, 7) is 5.31. The number of rotatable bonds is 7. The number of phenolic OH excluding ortho intramolecular Hbond substituents is 2. The average molecular weight is 337 g/mol. The van der Waals surface area contributed by atoms with Crippen LogP contribution in [0.15, 0.2) is 42.5 Å². The number of aryl methyl sites for hydroxylation is 2. The van der Waals surface area contributed by atoms with Crippen molar-refractivity contribution in [2.75, 3.05) is 0 Å². The third-order valence-electron chi connectivity index (χ3n) is 4.93. The van der Waals surface area contributed by atoms with Gasteiger partial charge in [0.15, 0.2) is 0 Å². The van der Waals surface area contributed by atoms with Crippen LogP contribution in [-0.4, -0.2) is 14.8 Å². The van der Waals surface area contributed by atoms with Crippen LogP contribution in [0, 0.1) is 6.92 Å². The van der Waals surface area contributed by atoms with Crippen molar-refractivity contribution in [2.24, 2.45) is 0 Å². The summed E-state index contributed by atoms with van der Waals surface area (Å²) in [5, 5.41) is 20.6. The van der Waals surface area contributed by atoms with Crippen molar-refractivity contribution in [2.45, 2.75) is 52.5 Å². The molecular formula is C22H27NO2. The van der Waals surface area contributed by atoms with Crippen molar-refractivity contribution in [3.63, 3.8) is 0 Å². The number of phenols is 2. The van der Waals surface area contributed by atoms with E-state index in [4.69, 9.17) is 0 Å². The Kier molecular flexibility index (Phi) is 5.32. The molecule has 0 atom stereocenters. The zero-order chi connectivity index (χ0) is 17.8. The predicted molar refractivity (Wildman–Crippen MR) is 104 cm³/mol. The highest BCUT2D eigenvalue weighted by Gasteiger charge is 2.16. The van der Waals surface area contributed by atoms with Crippen molar-refractivity contribution in [3.05, 3.63) is 48.0 Å². The summed E-state index contributed by atoms with van der Waals surface area (Å²) >= 11 is 0. The minimum Gasteiger partial charge on any atom is -0.508 e. The number of unbranched alkanes of at least 4 members (excludes halogenated alkanes) is 4. The lowest BCUT2D eigenvalue weighted by atomic mass is 10.1. The van der Waals surface area contributed by atoms with Gasteiger partial charge in [0.2, 0.25) is 0 Å². The monoisotopic (exact) mass is 337 g/mol. The molecule has 0 radical (unpaired) electrons. The first-order valence-corrected chi connectivity index (χ1v) is 9.23. The summed E-state index contributed by atoms with van der Waals surface area (Å²) in [5.74, 6) is 0.578. The minimum atomic E-state index is 0.279. The second-order valence-electron chi connectivity index (χ2n) is 6.79. The number of aromatic nitrogens is 1. The third kappa shape index (κ3) is 3.65. The Hall–Kier alpha value is -2.42. The highest BCUT2D eigenvalue weighted by atomic mass is 16.3. The molecule has 0 bridgehead atoms. The maximum absolute atomic E-state index is 9.89. The summed E-state index contributed by atoms with van der Waals surface area (Å²) in [6, 6.07) is 13.0. The van der Waals surface area contributed by atoms with Crippen molar-refractivity contribution in [3.8, 4) is 22.8 Å². The van der Waals surface area contributed by atoms with Crippen molar-refractivity contribution >= 4 is 10.9 Å². The van der Waals surface area contributed by atoms with Crippen LogP contribution >= 0.6 is 0 Å². The SMILES string of the molecule is CCCCCCCn1c(-c2ccc(O)cc2)c(C)c2cc(O)ccc21. The Balaban J connectivity index is 2.02. The van der Waals surface area contributed by atoms with Crippen molar-refractivity contribution < 1.29 is 10.2 Å². The van der Waals surface area contributed by atoms with Gasteiger partial charge in [-0.2, -0.15) is 0 Å². The molecule has 132 valence electrons. The molecule has 1 aromatic heterocycles. The van der Waals surface area contributed by atoms with Gasteiger partial charge in [0, 0.05) is 17.4 Å².